The molecular formula is C9H16. The largest absolute Gasteiger partial charge is 0.103 e. The van der Waals surface area contributed by atoms with Crippen LogP contribution in [0.3, 0.4) is 0 Å². The second-order valence-electron chi connectivity index (χ2n) is 2.48. The molecule has 0 N–H and O–H groups in total. The van der Waals surface area contributed by atoms with Crippen molar-refractivity contribution in [1.29, 1.82) is 0 Å². The van der Waals surface area contributed by atoms with Gasteiger partial charge in [0, 0.05) is 0 Å². The molecule has 0 aromatic heterocycles. The van der Waals surface area contributed by atoms with Gasteiger partial charge in [0.15, 0.2) is 0 Å². The standard InChI is InChI=1S/C9H16/c1-5-7-9(4)8(3)6-2/h5-9H,2H2,1,3-4H3/b7-5+/t8-,9?/m0/s1. The van der Waals surface area contributed by atoms with Gasteiger partial charge in [-0.05, 0) is 18.8 Å². The minimum atomic E-state index is 0.598. The van der Waals surface area contributed by atoms with Gasteiger partial charge < -0.3 is 0 Å². The van der Waals surface area contributed by atoms with Crippen LogP contribution in [0.5, 0.6) is 0 Å². The third-order valence-corrected chi connectivity index (χ3v) is 1.70. The topological polar surface area (TPSA) is 0 Å². The van der Waals surface area contributed by atoms with Crippen LogP contribution in [0.15, 0.2) is 24.8 Å². The van der Waals surface area contributed by atoms with Crippen LogP contribution in [0.2, 0.25) is 0 Å². The Hall–Kier alpha value is -0.520. The van der Waals surface area contributed by atoms with Crippen LogP contribution in [0.4, 0.5) is 0 Å². The highest BCUT2D eigenvalue weighted by molar-refractivity contribution is 4.91. The molecule has 0 aliphatic carbocycles. The molecule has 0 amide bonds. The van der Waals surface area contributed by atoms with Gasteiger partial charge in [-0.1, -0.05) is 32.1 Å². The Morgan fingerprint density at radius 2 is 1.78 bits per heavy atom. The summed E-state index contributed by atoms with van der Waals surface area (Å²) in [4.78, 5) is 0. The zero-order chi connectivity index (χ0) is 7.28. The van der Waals surface area contributed by atoms with E-state index in [1.807, 2.05) is 13.0 Å². The van der Waals surface area contributed by atoms with E-state index in [4.69, 9.17) is 0 Å². The highest BCUT2D eigenvalue weighted by atomic mass is 14.1. The van der Waals surface area contributed by atoms with Crippen LogP contribution in [0, 0.1) is 11.8 Å². The molecule has 0 rings (SSSR count). The lowest BCUT2D eigenvalue weighted by atomic mass is 9.96. The lowest BCUT2D eigenvalue weighted by Crippen LogP contribution is -2.00. The summed E-state index contributed by atoms with van der Waals surface area (Å²) in [5.74, 6) is 1.23. The van der Waals surface area contributed by atoms with E-state index in [2.05, 4.69) is 32.6 Å². The second kappa shape index (κ2) is 4.37. The average molecular weight is 124 g/mol. The fourth-order valence-corrected chi connectivity index (χ4v) is 0.693. The Bertz CT molecular complexity index is 101. The molecule has 0 aromatic rings. The zero-order valence-corrected chi connectivity index (χ0v) is 6.59. The van der Waals surface area contributed by atoms with E-state index in [-0.39, 0.29) is 0 Å². The van der Waals surface area contributed by atoms with Crippen LogP contribution in [0.25, 0.3) is 0 Å². The van der Waals surface area contributed by atoms with Gasteiger partial charge in [0.1, 0.15) is 0 Å². The fraction of sp³-hybridized carbons (Fsp3) is 0.556. The van der Waals surface area contributed by atoms with Crippen LogP contribution in [-0.4, -0.2) is 0 Å². The molecule has 9 heavy (non-hydrogen) atoms. The van der Waals surface area contributed by atoms with Crippen molar-refractivity contribution in [1.82, 2.24) is 0 Å². The normalized spacial score (nSPS) is 17.7. The van der Waals surface area contributed by atoms with Crippen LogP contribution >= 0.6 is 0 Å². The van der Waals surface area contributed by atoms with Crippen molar-refractivity contribution in [2.24, 2.45) is 11.8 Å². The van der Waals surface area contributed by atoms with E-state index in [0.29, 0.717) is 11.8 Å². The number of hydrogen-bond donors (Lipinski definition) is 0. The monoisotopic (exact) mass is 124 g/mol. The molecule has 0 bridgehead atoms. The molecule has 0 aliphatic rings. The molecule has 0 spiro atoms. The summed E-state index contributed by atoms with van der Waals surface area (Å²) in [5.41, 5.74) is 0. The first kappa shape index (κ1) is 8.48. The molecule has 2 atom stereocenters. The second-order valence-corrected chi connectivity index (χ2v) is 2.48. The Labute approximate surface area is 58.3 Å². The minimum absolute atomic E-state index is 0.598. The maximum atomic E-state index is 3.73. The summed E-state index contributed by atoms with van der Waals surface area (Å²) in [5, 5.41) is 0. The van der Waals surface area contributed by atoms with Crippen LogP contribution in [-0.2, 0) is 0 Å². The summed E-state index contributed by atoms with van der Waals surface area (Å²) in [6, 6.07) is 0. The first-order valence-corrected chi connectivity index (χ1v) is 3.47. The first-order chi connectivity index (χ1) is 4.22. The van der Waals surface area contributed by atoms with Gasteiger partial charge in [-0.2, -0.15) is 0 Å². The molecule has 1 unspecified atom stereocenters. The summed E-state index contributed by atoms with van der Waals surface area (Å²) >= 11 is 0. The molecule has 0 aromatic carbocycles. The molecule has 0 heterocycles. The molecule has 0 saturated carbocycles. The van der Waals surface area contributed by atoms with Gasteiger partial charge >= 0.3 is 0 Å². The zero-order valence-electron chi connectivity index (χ0n) is 6.59. The number of allylic oxidation sites excluding steroid dienone is 3. The van der Waals surface area contributed by atoms with Gasteiger partial charge in [0.05, 0.1) is 0 Å². The minimum Gasteiger partial charge on any atom is -0.103 e. The Balaban J connectivity index is 3.71. The van der Waals surface area contributed by atoms with Gasteiger partial charge in [-0.15, -0.1) is 6.58 Å². The fourth-order valence-electron chi connectivity index (χ4n) is 0.693. The Morgan fingerprint density at radius 3 is 2.11 bits per heavy atom. The smallest absolute Gasteiger partial charge is 0.0202 e. The quantitative estimate of drug-likeness (QED) is 0.507. The summed E-state index contributed by atoms with van der Waals surface area (Å²) in [6.07, 6.45) is 6.28. The van der Waals surface area contributed by atoms with Crippen molar-refractivity contribution >= 4 is 0 Å². The first-order valence-electron chi connectivity index (χ1n) is 3.47. The number of hydrogen-bond acceptors (Lipinski definition) is 0. The molecule has 0 nitrogen and oxygen atoms in total. The van der Waals surface area contributed by atoms with E-state index >= 15 is 0 Å². The molecule has 0 heteroatoms. The molecule has 52 valence electrons. The lowest BCUT2D eigenvalue weighted by molar-refractivity contribution is 0.559. The average Bonchev–Trinajstić information content (AvgIpc) is 1.87. The van der Waals surface area contributed by atoms with Gasteiger partial charge in [-0.25, -0.2) is 0 Å². The molecular weight excluding hydrogens is 108 g/mol. The van der Waals surface area contributed by atoms with Crippen molar-refractivity contribution in [2.75, 3.05) is 0 Å². The third kappa shape index (κ3) is 3.12. The van der Waals surface area contributed by atoms with Crippen LogP contribution in [0.1, 0.15) is 20.8 Å². The van der Waals surface area contributed by atoms with E-state index in [1.54, 1.807) is 0 Å². The number of rotatable bonds is 3. The van der Waals surface area contributed by atoms with Gasteiger partial charge in [-0.3, -0.25) is 0 Å². The predicted octanol–water partition coefficient (Wildman–Crippen LogP) is 3.02. The van der Waals surface area contributed by atoms with E-state index in [0.717, 1.165) is 0 Å². The third-order valence-electron chi connectivity index (χ3n) is 1.70. The highest BCUT2D eigenvalue weighted by Gasteiger charge is 2.01. The maximum absolute atomic E-state index is 3.73. The van der Waals surface area contributed by atoms with Crippen molar-refractivity contribution in [3.8, 4) is 0 Å². The van der Waals surface area contributed by atoms with Gasteiger partial charge in [0.25, 0.3) is 0 Å². The van der Waals surface area contributed by atoms with Crippen molar-refractivity contribution in [3.63, 3.8) is 0 Å². The Kier molecular flexibility index (Phi) is 4.12. The van der Waals surface area contributed by atoms with E-state index < -0.39 is 0 Å². The van der Waals surface area contributed by atoms with Crippen molar-refractivity contribution in [3.05, 3.63) is 24.8 Å². The van der Waals surface area contributed by atoms with Gasteiger partial charge in [0.2, 0.25) is 0 Å². The summed E-state index contributed by atoms with van der Waals surface area (Å²) < 4.78 is 0. The summed E-state index contributed by atoms with van der Waals surface area (Å²) in [6.45, 7) is 10.2. The molecule has 0 aliphatic heterocycles. The predicted molar refractivity (Wildman–Crippen MR) is 43.3 cm³/mol. The Morgan fingerprint density at radius 1 is 1.22 bits per heavy atom. The van der Waals surface area contributed by atoms with Crippen molar-refractivity contribution < 1.29 is 0 Å². The molecule has 0 saturated heterocycles. The molecule has 0 fully saturated rings. The highest BCUT2D eigenvalue weighted by Crippen LogP contribution is 2.12. The molecule has 0 radical (unpaired) electrons. The SMILES string of the molecule is C=C[C@H](C)C(C)/C=C/C. The summed E-state index contributed by atoms with van der Waals surface area (Å²) in [7, 11) is 0. The van der Waals surface area contributed by atoms with E-state index in [9.17, 15) is 0 Å². The van der Waals surface area contributed by atoms with E-state index in [1.165, 1.54) is 0 Å². The van der Waals surface area contributed by atoms with Crippen LogP contribution < -0.4 is 0 Å². The lowest BCUT2D eigenvalue weighted by Gasteiger charge is -2.09. The maximum Gasteiger partial charge on any atom is -0.0202 e. The van der Waals surface area contributed by atoms with Crippen molar-refractivity contribution in [2.45, 2.75) is 20.8 Å².